The fourth-order valence-electron chi connectivity index (χ4n) is 4.12. The molecule has 0 saturated carbocycles. The fraction of sp³-hybridized carbons (Fsp3) is 0.259. The first-order valence-corrected chi connectivity index (χ1v) is 12.6. The van der Waals surface area contributed by atoms with Gasteiger partial charge in [0.1, 0.15) is 11.2 Å². The third-order valence-electron chi connectivity index (χ3n) is 5.99. The maximum atomic E-state index is 13.4. The Morgan fingerprint density at radius 1 is 1.18 bits per heavy atom. The van der Waals surface area contributed by atoms with E-state index in [2.05, 4.69) is 5.32 Å². The molecule has 0 radical (unpaired) electrons. The maximum Gasteiger partial charge on any atom is 0.251 e. The monoisotopic (exact) mass is 496 g/mol. The Hall–Kier alpha value is -2.83. The van der Waals surface area contributed by atoms with E-state index in [9.17, 15) is 14.0 Å². The lowest BCUT2D eigenvalue weighted by atomic mass is 10.0. The van der Waals surface area contributed by atoms with Crippen molar-refractivity contribution in [2.75, 3.05) is 10.7 Å². The zero-order valence-corrected chi connectivity index (χ0v) is 20.6. The van der Waals surface area contributed by atoms with Crippen molar-refractivity contribution < 1.29 is 14.0 Å². The van der Waals surface area contributed by atoms with Gasteiger partial charge in [-0.25, -0.2) is 4.39 Å². The highest BCUT2D eigenvalue weighted by Crippen LogP contribution is 2.42. The van der Waals surface area contributed by atoms with Crippen molar-refractivity contribution in [3.63, 3.8) is 0 Å². The van der Waals surface area contributed by atoms with Crippen molar-refractivity contribution in [1.82, 2.24) is 5.32 Å². The summed E-state index contributed by atoms with van der Waals surface area (Å²) in [5.41, 5.74) is 3.98. The van der Waals surface area contributed by atoms with Gasteiger partial charge in [0.15, 0.2) is 0 Å². The molecule has 1 fully saturated rings. The number of nitrogens with zero attached hydrogens (tertiary/aromatic N) is 1. The van der Waals surface area contributed by atoms with Crippen LogP contribution in [0.15, 0.2) is 66.7 Å². The second kappa shape index (κ2) is 10.6. The molecule has 0 bridgehead atoms. The van der Waals surface area contributed by atoms with Crippen LogP contribution in [-0.2, 0) is 11.2 Å². The Balaban J connectivity index is 1.51. The predicted molar refractivity (Wildman–Crippen MR) is 137 cm³/mol. The average Bonchev–Trinajstić information content (AvgIpc) is 3.21. The number of hydrogen-bond donors (Lipinski definition) is 1. The van der Waals surface area contributed by atoms with Gasteiger partial charge in [0.2, 0.25) is 5.91 Å². The minimum atomic E-state index is -0.309. The summed E-state index contributed by atoms with van der Waals surface area (Å²) in [7, 11) is 0. The van der Waals surface area contributed by atoms with Gasteiger partial charge in [0.05, 0.1) is 5.75 Å². The smallest absolute Gasteiger partial charge is 0.251 e. The number of halogens is 2. The van der Waals surface area contributed by atoms with Crippen molar-refractivity contribution >= 4 is 40.9 Å². The molecule has 0 aromatic heterocycles. The van der Waals surface area contributed by atoms with E-state index in [4.69, 9.17) is 11.6 Å². The quantitative estimate of drug-likeness (QED) is 0.416. The molecule has 1 aliphatic heterocycles. The number of thioether (sulfide) groups is 1. The van der Waals surface area contributed by atoms with E-state index >= 15 is 0 Å². The van der Waals surface area contributed by atoms with Crippen molar-refractivity contribution in [2.45, 2.75) is 38.1 Å². The summed E-state index contributed by atoms with van der Waals surface area (Å²) < 4.78 is 13.4. The van der Waals surface area contributed by atoms with Crippen LogP contribution in [0.4, 0.5) is 10.1 Å². The lowest BCUT2D eigenvalue weighted by Crippen LogP contribution is -2.36. The molecule has 4 rings (SSSR count). The zero-order chi connectivity index (χ0) is 24.2. The predicted octanol–water partition coefficient (Wildman–Crippen LogP) is 6.32. The number of carbonyl (C=O) groups excluding carboxylic acids is 2. The van der Waals surface area contributed by atoms with Gasteiger partial charge in [-0.3, -0.25) is 14.5 Å². The van der Waals surface area contributed by atoms with E-state index in [-0.39, 0.29) is 29.0 Å². The van der Waals surface area contributed by atoms with Gasteiger partial charge >= 0.3 is 0 Å². The number of rotatable bonds is 7. The number of anilines is 1. The van der Waals surface area contributed by atoms with Gasteiger partial charge in [-0.1, -0.05) is 48.9 Å². The third-order valence-corrected chi connectivity index (χ3v) is 7.57. The molecule has 3 aromatic rings. The number of nitrogens with one attached hydrogen (secondary N) is 1. The molecule has 2 atom stereocenters. The first-order valence-electron chi connectivity index (χ1n) is 11.2. The van der Waals surface area contributed by atoms with Crippen LogP contribution in [0.2, 0.25) is 5.02 Å². The van der Waals surface area contributed by atoms with E-state index in [1.54, 1.807) is 23.1 Å². The van der Waals surface area contributed by atoms with E-state index < -0.39 is 0 Å². The molecule has 3 aromatic carbocycles. The molecular formula is C27H26ClFN2O2S. The number of hydrogen-bond acceptors (Lipinski definition) is 3. The van der Waals surface area contributed by atoms with E-state index in [1.807, 2.05) is 50.2 Å². The molecule has 7 heteroatoms. The standard InChI is InChI=1S/C27H26ClFN2O2S/c1-3-22(15-19-6-4-5-7-23(19)28)30-26(33)20-10-13-24(17(2)14-20)31-25(32)16-34-27(31)18-8-11-21(29)12-9-18/h4-14,22,27H,3,15-16H2,1-2H3,(H,30,33). The van der Waals surface area contributed by atoms with Gasteiger partial charge in [-0.05, 0) is 72.9 Å². The van der Waals surface area contributed by atoms with Crippen LogP contribution in [-0.4, -0.2) is 23.6 Å². The molecule has 176 valence electrons. The highest BCUT2D eigenvalue weighted by atomic mass is 35.5. The SMILES string of the molecule is CCC(Cc1ccccc1Cl)NC(=O)c1ccc(N2C(=O)CSC2c2ccc(F)cc2)c(C)c1. The van der Waals surface area contributed by atoms with Crippen molar-refractivity contribution in [1.29, 1.82) is 0 Å². The Bertz CT molecular complexity index is 1200. The molecule has 0 aliphatic carbocycles. The lowest BCUT2D eigenvalue weighted by Gasteiger charge is -2.26. The molecule has 34 heavy (non-hydrogen) atoms. The Morgan fingerprint density at radius 3 is 2.59 bits per heavy atom. The Morgan fingerprint density at radius 2 is 1.91 bits per heavy atom. The maximum absolute atomic E-state index is 13.4. The second-order valence-corrected chi connectivity index (χ2v) is 9.83. The van der Waals surface area contributed by atoms with E-state index in [1.165, 1.54) is 23.9 Å². The van der Waals surface area contributed by atoms with Gasteiger partial charge in [0.25, 0.3) is 5.91 Å². The second-order valence-electron chi connectivity index (χ2n) is 8.35. The zero-order valence-electron chi connectivity index (χ0n) is 19.1. The number of aryl methyl sites for hydroxylation is 1. The minimum absolute atomic E-state index is 0.00888. The van der Waals surface area contributed by atoms with Crippen molar-refractivity contribution in [3.05, 3.63) is 99.8 Å². The normalized spacial score (nSPS) is 16.5. The summed E-state index contributed by atoms with van der Waals surface area (Å²) >= 11 is 7.80. The van der Waals surface area contributed by atoms with Crippen LogP contribution < -0.4 is 10.2 Å². The molecule has 0 spiro atoms. The summed E-state index contributed by atoms with van der Waals surface area (Å²) in [5, 5.41) is 3.57. The largest absolute Gasteiger partial charge is 0.349 e. The Labute approximate surface area is 208 Å². The van der Waals surface area contributed by atoms with Crippen LogP contribution >= 0.6 is 23.4 Å². The molecule has 1 saturated heterocycles. The van der Waals surface area contributed by atoms with Crippen LogP contribution in [0.25, 0.3) is 0 Å². The number of benzene rings is 3. The molecule has 2 amide bonds. The summed E-state index contributed by atoms with van der Waals surface area (Å²) in [6.07, 6.45) is 1.42. The van der Waals surface area contributed by atoms with Gasteiger partial charge in [0, 0.05) is 22.3 Å². The van der Waals surface area contributed by atoms with Crippen LogP contribution in [0.1, 0.15) is 45.8 Å². The summed E-state index contributed by atoms with van der Waals surface area (Å²) in [5.74, 6) is -0.128. The summed E-state index contributed by atoms with van der Waals surface area (Å²) in [6, 6.07) is 19.2. The van der Waals surface area contributed by atoms with Crippen molar-refractivity contribution in [3.8, 4) is 0 Å². The number of carbonyl (C=O) groups is 2. The topological polar surface area (TPSA) is 49.4 Å². The first kappa shape index (κ1) is 24.3. The average molecular weight is 497 g/mol. The highest BCUT2D eigenvalue weighted by Gasteiger charge is 2.35. The fourth-order valence-corrected chi connectivity index (χ4v) is 5.50. The molecular weight excluding hydrogens is 471 g/mol. The summed E-state index contributed by atoms with van der Waals surface area (Å²) in [6.45, 7) is 3.92. The first-order chi connectivity index (χ1) is 16.4. The van der Waals surface area contributed by atoms with E-state index in [0.29, 0.717) is 22.8 Å². The van der Waals surface area contributed by atoms with Crippen LogP contribution in [0.3, 0.4) is 0 Å². The van der Waals surface area contributed by atoms with Gasteiger partial charge < -0.3 is 5.32 Å². The van der Waals surface area contributed by atoms with Crippen LogP contribution in [0, 0.1) is 12.7 Å². The summed E-state index contributed by atoms with van der Waals surface area (Å²) in [4.78, 5) is 27.5. The molecule has 1 heterocycles. The lowest BCUT2D eigenvalue weighted by molar-refractivity contribution is -0.115. The third kappa shape index (κ3) is 5.29. The van der Waals surface area contributed by atoms with Gasteiger partial charge in [-0.2, -0.15) is 0 Å². The molecule has 1 aliphatic rings. The highest BCUT2D eigenvalue weighted by molar-refractivity contribution is 8.00. The minimum Gasteiger partial charge on any atom is -0.349 e. The van der Waals surface area contributed by atoms with Crippen molar-refractivity contribution in [2.24, 2.45) is 0 Å². The van der Waals surface area contributed by atoms with Gasteiger partial charge in [-0.15, -0.1) is 11.8 Å². The molecule has 2 unspecified atom stereocenters. The number of amides is 2. The molecule has 1 N–H and O–H groups in total. The Kier molecular flexibility index (Phi) is 7.59. The van der Waals surface area contributed by atoms with E-state index in [0.717, 1.165) is 28.8 Å². The van der Waals surface area contributed by atoms with Crippen LogP contribution in [0.5, 0.6) is 0 Å². The molecule has 4 nitrogen and oxygen atoms in total.